The van der Waals surface area contributed by atoms with Crippen LogP contribution in [0, 0.1) is 0 Å². The fourth-order valence-corrected chi connectivity index (χ4v) is 1.76. The molecule has 5 heteroatoms. The number of hydrogen-bond acceptors (Lipinski definition) is 4. The van der Waals surface area contributed by atoms with Crippen LogP contribution < -0.4 is 14.2 Å². The van der Waals surface area contributed by atoms with E-state index >= 15 is 0 Å². The third kappa shape index (κ3) is 4.68. The summed E-state index contributed by atoms with van der Waals surface area (Å²) >= 11 is 5.77. The lowest BCUT2D eigenvalue weighted by molar-refractivity contribution is -0.136. The van der Waals surface area contributed by atoms with Crippen molar-refractivity contribution in [2.24, 2.45) is 0 Å². The molecule has 0 atom stereocenters. The third-order valence-corrected chi connectivity index (χ3v) is 2.80. The molecule has 21 heavy (non-hydrogen) atoms. The standard InChI is InChI=1S/C16H15ClO4/c1-2-19-14-5-3-4-6-15(14)21-16(18)11-20-13-9-7-12(17)8-10-13/h3-10H,2,11H2,1H3. The highest BCUT2D eigenvalue weighted by molar-refractivity contribution is 6.30. The molecule has 0 saturated heterocycles. The molecule has 0 N–H and O–H groups in total. The largest absolute Gasteiger partial charge is 0.490 e. The minimum Gasteiger partial charge on any atom is -0.490 e. The predicted molar refractivity (Wildman–Crippen MR) is 80.2 cm³/mol. The van der Waals surface area contributed by atoms with Crippen LogP contribution in [-0.4, -0.2) is 19.2 Å². The van der Waals surface area contributed by atoms with Gasteiger partial charge in [0.1, 0.15) is 5.75 Å². The summed E-state index contributed by atoms with van der Waals surface area (Å²) < 4.78 is 15.9. The normalized spacial score (nSPS) is 10.0. The zero-order valence-electron chi connectivity index (χ0n) is 11.5. The smallest absolute Gasteiger partial charge is 0.349 e. The van der Waals surface area contributed by atoms with Crippen molar-refractivity contribution >= 4 is 17.6 Å². The van der Waals surface area contributed by atoms with Crippen molar-refractivity contribution in [3.63, 3.8) is 0 Å². The lowest BCUT2D eigenvalue weighted by Crippen LogP contribution is -2.18. The van der Waals surface area contributed by atoms with Crippen LogP contribution in [0.5, 0.6) is 17.2 Å². The lowest BCUT2D eigenvalue weighted by atomic mass is 10.3. The molecular weight excluding hydrogens is 292 g/mol. The summed E-state index contributed by atoms with van der Waals surface area (Å²) in [4.78, 5) is 11.8. The highest BCUT2D eigenvalue weighted by atomic mass is 35.5. The van der Waals surface area contributed by atoms with Gasteiger partial charge in [-0.1, -0.05) is 23.7 Å². The van der Waals surface area contributed by atoms with Gasteiger partial charge in [0.15, 0.2) is 18.1 Å². The summed E-state index contributed by atoms with van der Waals surface area (Å²) in [7, 11) is 0. The zero-order chi connectivity index (χ0) is 15.1. The van der Waals surface area contributed by atoms with Crippen molar-refractivity contribution in [2.45, 2.75) is 6.92 Å². The van der Waals surface area contributed by atoms with E-state index in [2.05, 4.69) is 0 Å². The van der Waals surface area contributed by atoms with E-state index in [1.807, 2.05) is 13.0 Å². The Morgan fingerprint density at radius 3 is 2.33 bits per heavy atom. The molecular formula is C16H15ClO4. The molecule has 0 aliphatic carbocycles. The Balaban J connectivity index is 1.91. The average molecular weight is 307 g/mol. The van der Waals surface area contributed by atoms with E-state index < -0.39 is 5.97 Å². The van der Waals surface area contributed by atoms with Crippen LogP contribution in [0.3, 0.4) is 0 Å². The summed E-state index contributed by atoms with van der Waals surface area (Å²) in [5.41, 5.74) is 0. The average Bonchev–Trinajstić information content (AvgIpc) is 2.49. The summed E-state index contributed by atoms with van der Waals surface area (Å²) in [6.07, 6.45) is 0. The van der Waals surface area contributed by atoms with Crippen LogP contribution in [0.2, 0.25) is 5.02 Å². The third-order valence-electron chi connectivity index (χ3n) is 2.54. The molecule has 110 valence electrons. The van der Waals surface area contributed by atoms with Gasteiger partial charge in [-0.2, -0.15) is 0 Å². The van der Waals surface area contributed by atoms with Gasteiger partial charge in [0.25, 0.3) is 0 Å². The monoisotopic (exact) mass is 306 g/mol. The number of carbonyl (C=O) groups is 1. The van der Waals surface area contributed by atoms with Crippen molar-refractivity contribution in [2.75, 3.05) is 13.2 Å². The Labute approximate surface area is 128 Å². The van der Waals surface area contributed by atoms with E-state index in [1.54, 1.807) is 42.5 Å². The summed E-state index contributed by atoms with van der Waals surface area (Å²) in [5.74, 6) is 0.954. The van der Waals surface area contributed by atoms with Crippen molar-refractivity contribution in [1.82, 2.24) is 0 Å². The molecule has 4 nitrogen and oxygen atoms in total. The molecule has 0 aliphatic rings. The van der Waals surface area contributed by atoms with Gasteiger partial charge in [-0.25, -0.2) is 4.79 Å². The second-order valence-corrected chi connectivity index (χ2v) is 4.53. The van der Waals surface area contributed by atoms with Crippen LogP contribution in [0.25, 0.3) is 0 Å². The van der Waals surface area contributed by atoms with E-state index in [1.165, 1.54) is 0 Å². The second kappa shape index (κ2) is 7.55. The van der Waals surface area contributed by atoms with E-state index in [9.17, 15) is 4.79 Å². The van der Waals surface area contributed by atoms with E-state index in [0.717, 1.165) is 0 Å². The number of rotatable bonds is 6. The maximum absolute atomic E-state index is 11.8. The molecule has 0 aliphatic heterocycles. The van der Waals surface area contributed by atoms with E-state index in [-0.39, 0.29) is 6.61 Å². The number of carbonyl (C=O) groups excluding carboxylic acids is 1. The predicted octanol–water partition coefficient (Wildman–Crippen LogP) is 3.72. The van der Waals surface area contributed by atoms with Gasteiger partial charge in [0.2, 0.25) is 0 Å². The topological polar surface area (TPSA) is 44.8 Å². The van der Waals surface area contributed by atoms with Gasteiger partial charge >= 0.3 is 5.97 Å². The first-order chi connectivity index (χ1) is 10.2. The first-order valence-corrected chi connectivity index (χ1v) is 6.87. The number of ether oxygens (including phenoxy) is 3. The van der Waals surface area contributed by atoms with Gasteiger partial charge in [0.05, 0.1) is 6.61 Å². The maximum Gasteiger partial charge on any atom is 0.349 e. The Bertz CT molecular complexity index is 595. The molecule has 0 heterocycles. The van der Waals surface area contributed by atoms with Crippen LogP contribution in [0.1, 0.15) is 6.92 Å². The minimum absolute atomic E-state index is 0.192. The van der Waals surface area contributed by atoms with Crippen molar-refractivity contribution in [3.05, 3.63) is 53.6 Å². The Morgan fingerprint density at radius 1 is 1.00 bits per heavy atom. The van der Waals surface area contributed by atoms with Gasteiger partial charge in [-0.15, -0.1) is 0 Å². The van der Waals surface area contributed by atoms with Gasteiger partial charge in [-0.05, 0) is 43.3 Å². The molecule has 0 saturated carbocycles. The van der Waals surface area contributed by atoms with Crippen molar-refractivity contribution < 1.29 is 19.0 Å². The van der Waals surface area contributed by atoms with Crippen LogP contribution in [0.4, 0.5) is 0 Å². The zero-order valence-corrected chi connectivity index (χ0v) is 12.3. The molecule has 0 amide bonds. The Morgan fingerprint density at radius 2 is 1.67 bits per heavy atom. The number of para-hydroxylation sites is 2. The SMILES string of the molecule is CCOc1ccccc1OC(=O)COc1ccc(Cl)cc1. The quantitative estimate of drug-likeness (QED) is 0.602. The molecule has 0 unspecified atom stereocenters. The van der Waals surface area contributed by atoms with Gasteiger partial charge in [-0.3, -0.25) is 0 Å². The molecule has 2 aromatic rings. The van der Waals surface area contributed by atoms with Crippen molar-refractivity contribution in [1.29, 1.82) is 0 Å². The maximum atomic E-state index is 11.8. The van der Waals surface area contributed by atoms with Gasteiger partial charge in [0, 0.05) is 5.02 Å². The number of halogens is 1. The second-order valence-electron chi connectivity index (χ2n) is 4.10. The fraction of sp³-hybridized carbons (Fsp3) is 0.188. The molecule has 0 bridgehead atoms. The summed E-state index contributed by atoms with van der Waals surface area (Å²) in [5, 5.41) is 0.607. The molecule has 0 fully saturated rings. The van der Waals surface area contributed by atoms with E-state index in [0.29, 0.717) is 28.9 Å². The molecule has 0 spiro atoms. The van der Waals surface area contributed by atoms with Crippen LogP contribution >= 0.6 is 11.6 Å². The van der Waals surface area contributed by atoms with Crippen LogP contribution in [-0.2, 0) is 4.79 Å². The Hall–Kier alpha value is -2.20. The summed E-state index contributed by atoms with van der Waals surface area (Å²) in [6, 6.07) is 13.7. The number of benzene rings is 2. The van der Waals surface area contributed by atoms with Crippen LogP contribution in [0.15, 0.2) is 48.5 Å². The minimum atomic E-state index is -0.503. The first-order valence-electron chi connectivity index (χ1n) is 6.50. The molecule has 0 radical (unpaired) electrons. The van der Waals surface area contributed by atoms with Crippen molar-refractivity contribution in [3.8, 4) is 17.2 Å². The Kier molecular flexibility index (Phi) is 5.46. The first kappa shape index (κ1) is 15.2. The number of esters is 1. The summed E-state index contributed by atoms with van der Waals surface area (Å²) in [6.45, 7) is 2.17. The van der Waals surface area contributed by atoms with E-state index in [4.69, 9.17) is 25.8 Å². The highest BCUT2D eigenvalue weighted by Gasteiger charge is 2.10. The lowest BCUT2D eigenvalue weighted by Gasteiger charge is -2.10. The fourth-order valence-electron chi connectivity index (χ4n) is 1.63. The molecule has 0 aromatic heterocycles. The van der Waals surface area contributed by atoms with Gasteiger partial charge < -0.3 is 14.2 Å². The molecule has 2 aromatic carbocycles. The highest BCUT2D eigenvalue weighted by Crippen LogP contribution is 2.26. The number of hydrogen-bond donors (Lipinski definition) is 0. The molecule has 2 rings (SSSR count).